The Hall–Kier alpha value is -5.08. The molecule has 46 heavy (non-hydrogen) atoms. The van der Waals surface area contributed by atoms with E-state index in [0.29, 0.717) is 40.2 Å². The highest BCUT2D eigenvalue weighted by atomic mass is 16.6. The Bertz CT molecular complexity index is 1560. The lowest BCUT2D eigenvalue weighted by Crippen LogP contribution is -2.40. The number of carbonyl (C=O) groups is 4. The number of carbonyl (C=O) groups excluding carboxylic acids is 4. The lowest BCUT2D eigenvalue weighted by atomic mass is 10.0. The lowest BCUT2D eigenvalue weighted by Gasteiger charge is -2.28. The van der Waals surface area contributed by atoms with Crippen LogP contribution in [0.4, 0.5) is 0 Å². The van der Waals surface area contributed by atoms with Crippen LogP contribution in [-0.2, 0) is 19.1 Å². The smallest absolute Gasteiger partial charge is 0.344 e. The molecule has 0 aliphatic heterocycles. The summed E-state index contributed by atoms with van der Waals surface area (Å²) in [5.74, 6) is -0.291. The normalized spacial score (nSPS) is 11.7. The summed E-state index contributed by atoms with van der Waals surface area (Å²) in [4.78, 5) is 50.4. The maximum atomic E-state index is 12.9. The second-order valence-corrected chi connectivity index (χ2v) is 11.5. The van der Waals surface area contributed by atoms with E-state index in [2.05, 4.69) is 13.2 Å². The zero-order valence-electron chi connectivity index (χ0n) is 26.7. The Morgan fingerprint density at radius 3 is 1.83 bits per heavy atom. The summed E-state index contributed by atoms with van der Waals surface area (Å²) in [5.41, 5.74) is -0.0559. The van der Waals surface area contributed by atoms with Gasteiger partial charge in [-0.3, -0.25) is 14.4 Å². The zero-order chi connectivity index (χ0) is 33.7. The molecule has 3 aromatic rings. The van der Waals surface area contributed by atoms with Gasteiger partial charge in [0.15, 0.2) is 18.2 Å². The molecule has 0 atom stereocenters. The zero-order valence-corrected chi connectivity index (χ0v) is 26.7. The maximum absolute atomic E-state index is 12.9. The molecule has 0 unspecified atom stereocenters. The molecular formula is C38H40O8. The van der Waals surface area contributed by atoms with Crippen molar-refractivity contribution in [1.29, 1.82) is 0 Å². The standard InChI is InChI=1S/C38H40O8/c1-7-12-27(8-2)35(41)29-15-21-32(22-16-29)44-26-34(40)46-37(3,4)23-24-45-38(5,6)33(39)25-43-31-19-17-30(18-20-31)36(42)28-13-10-9-11-14-28/h7-22H,1-2,23-26H2,3-6H3/b27-12+. The fourth-order valence-electron chi connectivity index (χ4n) is 4.18. The summed E-state index contributed by atoms with van der Waals surface area (Å²) in [7, 11) is 0. The van der Waals surface area contributed by atoms with Crippen molar-refractivity contribution in [1.82, 2.24) is 0 Å². The predicted molar refractivity (Wildman–Crippen MR) is 176 cm³/mol. The molecule has 8 nitrogen and oxygen atoms in total. The lowest BCUT2D eigenvalue weighted by molar-refractivity contribution is -0.163. The van der Waals surface area contributed by atoms with Gasteiger partial charge < -0.3 is 18.9 Å². The van der Waals surface area contributed by atoms with Gasteiger partial charge in [0.25, 0.3) is 0 Å². The number of ketones is 3. The third-order valence-corrected chi connectivity index (χ3v) is 7.00. The molecule has 0 aliphatic carbocycles. The Balaban J connectivity index is 1.41. The molecule has 0 aliphatic rings. The van der Waals surface area contributed by atoms with E-state index in [9.17, 15) is 19.2 Å². The first-order valence-electron chi connectivity index (χ1n) is 14.8. The van der Waals surface area contributed by atoms with E-state index in [0.717, 1.165) is 0 Å². The van der Waals surface area contributed by atoms with Crippen molar-refractivity contribution in [2.75, 3.05) is 19.8 Å². The monoisotopic (exact) mass is 624 g/mol. The molecular weight excluding hydrogens is 584 g/mol. The van der Waals surface area contributed by atoms with Crippen LogP contribution >= 0.6 is 0 Å². The highest BCUT2D eigenvalue weighted by molar-refractivity contribution is 6.10. The van der Waals surface area contributed by atoms with Crippen LogP contribution < -0.4 is 9.47 Å². The Morgan fingerprint density at radius 1 is 0.717 bits per heavy atom. The van der Waals surface area contributed by atoms with E-state index < -0.39 is 17.2 Å². The van der Waals surface area contributed by atoms with Crippen LogP contribution in [0.5, 0.6) is 11.5 Å². The van der Waals surface area contributed by atoms with Crippen molar-refractivity contribution < 1.29 is 38.1 Å². The van der Waals surface area contributed by atoms with Gasteiger partial charge in [0.1, 0.15) is 29.3 Å². The van der Waals surface area contributed by atoms with Crippen molar-refractivity contribution in [2.24, 2.45) is 0 Å². The molecule has 0 N–H and O–H groups in total. The third-order valence-electron chi connectivity index (χ3n) is 7.00. The predicted octanol–water partition coefficient (Wildman–Crippen LogP) is 6.93. The molecule has 8 heteroatoms. The number of allylic oxidation sites excluding steroid dienone is 4. The molecule has 0 spiro atoms. The van der Waals surface area contributed by atoms with Gasteiger partial charge in [0, 0.05) is 28.7 Å². The number of benzene rings is 3. The molecule has 0 aromatic heterocycles. The molecule has 0 saturated carbocycles. The second kappa shape index (κ2) is 16.3. The molecule has 240 valence electrons. The minimum atomic E-state index is -1.14. The van der Waals surface area contributed by atoms with Crippen LogP contribution in [0, 0.1) is 0 Å². The number of ether oxygens (including phenoxy) is 4. The summed E-state index contributed by atoms with van der Waals surface area (Å²) < 4.78 is 22.6. The van der Waals surface area contributed by atoms with Crippen molar-refractivity contribution in [2.45, 2.75) is 45.3 Å². The first-order valence-corrected chi connectivity index (χ1v) is 14.8. The molecule has 0 fully saturated rings. The summed E-state index contributed by atoms with van der Waals surface area (Å²) in [5, 5.41) is 0. The van der Waals surface area contributed by atoms with Gasteiger partial charge in [-0.15, -0.1) is 0 Å². The topological polar surface area (TPSA) is 105 Å². The van der Waals surface area contributed by atoms with Crippen LogP contribution in [0.25, 0.3) is 0 Å². The van der Waals surface area contributed by atoms with Crippen LogP contribution in [0.15, 0.2) is 116 Å². The van der Waals surface area contributed by atoms with Gasteiger partial charge in [-0.2, -0.15) is 0 Å². The average Bonchev–Trinajstić information content (AvgIpc) is 3.05. The SMILES string of the molecule is C=C/C=C(\C=C)C(=O)c1ccc(OCC(=O)OC(C)(C)CCOC(C)(C)C(=O)COc2ccc(C(=O)c3ccccc3)cc2)cc1. The van der Waals surface area contributed by atoms with E-state index in [1.807, 2.05) is 18.2 Å². The van der Waals surface area contributed by atoms with E-state index >= 15 is 0 Å². The fraction of sp³-hybridized carbons (Fsp3) is 0.263. The molecule has 3 aromatic carbocycles. The van der Waals surface area contributed by atoms with Crippen molar-refractivity contribution >= 4 is 23.3 Å². The molecule has 0 amide bonds. The number of rotatable bonds is 18. The Kier molecular flexibility index (Phi) is 12.5. The van der Waals surface area contributed by atoms with E-state index in [4.69, 9.17) is 18.9 Å². The van der Waals surface area contributed by atoms with Gasteiger partial charge >= 0.3 is 5.97 Å². The third kappa shape index (κ3) is 10.5. The van der Waals surface area contributed by atoms with Gasteiger partial charge in [-0.25, -0.2) is 4.79 Å². The van der Waals surface area contributed by atoms with Gasteiger partial charge in [0.2, 0.25) is 5.78 Å². The largest absolute Gasteiger partial charge is 0.486 e. The molecule has 0 bridgehead atoms. The summed E-state index contributed by atoms with van der Waals surface area (Å²) in [6.45, 7) is 13.6. The molecule has 0 radical (unpaired) electrons. The molecule has 3 rings (SSSR count). The van der Waals surface area contributed by atoms with E-state index in [1.165, 1.54) is 12.2 Å². The highest BCUT2D eigenvalue weighted by Crippen LogP contribution is 2.21. The van der Waals surface area contributed by atoms with Gasteiger partial charge in [0.05, 0.1) is 6.61 Å². The minimum Gasteiger partial charge on any atom is -0.486 e. The van der Waals surface area contributed by atoms with Crippen molar-refractivity contribution in [3.05, 3.63) is 133 Å². The summed E-state index contributed by atoms with van der Waals surface area (Å²) in [6.07, 6.45) is 4.88. The van der Waals surface area contributed by atoms with Crippen molar-refractivity contribution in [3.8, 4) is 11.5 Å². The fourth-order valence-corrected chi connectivity index (χ4v) is 4.18. The number of hydrogen-bond acceptors (Lipinski definition) is 8. The average molecular weight is 625 g/mol. The van der Waals surface area contributed by atoms with E-state index in [1.54, 1.807) is 94.4 Å². The molecule has 0 heterocycles. The van der Waals surface area contributed by atoms with Crippen LogP contribution in [0.2, 0.25) is 0 Å². The summed E-state index contributed by atoms with van der Waals surface area (Å²) >= 11 is 0. The highest BCUT2D eigenvalue weighted by Gasteiger charge is 2.31. The quantitative estimate of drug-likeness (QED) is 0.0649. The van der Waals surface area contributed by atoms with Crippen LogP contribution in [0.1, 0.15) is 60.4 Å². The number of hydrogen-bond donors (Lipinski definition) is 0. The number of Topliss-reactive ketones (excluding diaryl/α,β-unsaturated/α-hetero) is 2. The van der Waals surface area contributed by atoms with E-state index in [-0.39, 0.29) is 37.2 Å². The first kappa shape index (κ1) is 35.4. The Labute approximate surface area is 270 Å². The Morgan fingerprint density at radius 2 is 1.26 bits per heavy atom. The molecule has 0 saturated heterocycles. The minimum absolute atomic E-state index is 0.0984. The van der Waals surface area contributed by atoms with Gasteiger partial charge in [-0.05, 0) is 76.2 Å². The summed E-state index contributed by atoms with van der Waals surface area (Å²) in [6, 6.07) is 22.0. The maximum Gasteiger partial charge on any atom is 0.344 e. The van der Waals surface area contributed by atoms with Crippen molar-refractivity contribution in [3.63, 3.8) is 0 Å². The van der Waals surface area contributed by atoms with Crippen LogP contribution in [-0.4, -0.2) is 54.3 Å². The second-order valence-electron chi connectivity index (χ2n) is 11.5. The van der Waals surface area contributed by atoms with Gasteiger partial charge in [-0.1, -0.05) is 61.7 Å². The van der Waals surface area contributed by atoms with Crippen LogP contribution in [0.3, 0.4) is 0 Å². The first-order chi connectivity index (χ1) is 21.8. The number of esters is 1.